The van der Waals surface area contributed by atoms with Crippen LogP contribution in [0.15, 0.2) is 12.1 Å². The summed E-state index contributed by atoms with van der Waals surface area (Å²) in [6.07, 6.45) is 0. The fraction of sp³-hybridized carbons (Fsp3) is 0.571. The van der Waals surface area contributed by atoms with Gasteiger partial charge in [-0.1, -0.05) is 25.7 Å². The molecule has 0 aliphatic carbocycles. The number of methoxy groups -OCH3 is 1. The van der Waals surface area contributed by atoms with Gasteiger partial charge in [0.15, 0.2) is 18.3 Å². The first-order chi connectivity index (χ1) is 9.76. The van der Waals surface area contributed by atoms with E-state index in [1.54, 1.807) is 19.1 Å². The quantitative estimate of drug-likeness (QED) is 0.431. The molecule has 1 aromatic rings. The Labute approximate surface area is 128 Å². The first kappa shape index (κ1) is 18.0. The maximum Gasteiger partial charge on any atom is 0.488 e. The minimum Gasteiger partial charge on any atom is -0.493 e. The van der Waals surface area contributed by atoms with Crippen LogP contribution in [0.25, 0.3) is 0 Å². The Morgan fingerprint density at radius 2 is 1.86 bits per heavy atom. The zero-order valence-corrected chi connectivity index (χ0v) is 14.5. The number of ether oxygens (including phenoxy) is 3. The van der Waals surface area contributed by atoms with Crippen LogP contribution in [0.2, 0.25) is 25.7 Å². The van der Waals surface area contributed by atoms with Crippen LogP contribution >= 0.6 is 0 Å². The molecule has 0 saturated heterocycles. The fourth-order valence-electron chi connectivity index (χ4n) is 1.87. The molecule has 118 valence electrons. The third-order valence-corrected chi connectivity index (χ3v) is 4.89. The van der Waals surface area contributed by atoms with Gasteiger partial charge in [0.05, 0.1) is 7.11 Å². The van der Waals surface area contributed by atoms with Crippen molar-refractivity contribution in [1.82, 2.24) is 0 Å². The summed E-state index contributed by atoms with van der Waals surface area (Å²) in [7, 11) is -1.10. The zero-order chi connectivity index (χ0) is 16.0. The highest BCUT2D eigenvalue weighted by Gasteiger charge is 2.19. The van der Waals surface area contributed by atoms with Gasteiger partial charge in [0.25, 0.3) is 0 Å². The fourth-order valence-corrected chi connectivity index (χ4v) is 2.63. The largest absolute Gasteiger partial charge is 0.493 e. The van der Waals surface area contributed by atoms with Gasteiger partial charge in [0.2, 0.25) is 0 Å². The predicted molar refractivity (Wildman–Crippen MR) is 87.2 cm³/mol. The molecule has 0 saturated carbocycles. The summed E-state index contributed by atoms with van der Waals surface area (Å²) in [4.78, 5) is 0. The molecule has 0 fully saturated rings. The highest BCUT2D eigenvalue weighted by atomic mass is 28.3. The van der Waals surface area contributed by atoms with E-state index in [2.05, 4.69) is 19.6 Å². The molecule has 0 amide bonds. The number of benzene rings is 1. The lowest BCUT2D eigenvalue weighted by molar-refractivity contribution is 0.0205. The molecule has 0 unspecified atom stereocenters. The summed E-state index contributed by atoms with van der Waals surface area (Å²) >= 11 is 0. The smallest absolute Gasteiger partial charge is 0.488 e. The average molecular weight is 312 g/mol. The minimum atomic E-state index is -1.53. The van der Waals surface area contributed by atoms with Gasteiger partial charge in [0, 0.05) is 14.7 Å². The van der Waals surface area contributed by atoms with Gasteiger partial charge in [-0.05, 0) is 30.1 Å². The molecule has 0 aliphatic rings. The van der Waals surface area contributed by atoms with Gasteiger partial charge in [-0.3, -0.25) is 0 Å². The maximum atomic E-state index is 9.28. The van der Waals surface area contributed by atoms with Gasteiger partial charge in [-0.25, -0.2) is 0 Å². The van der Waals surface area contributed by atoms with Crippen LogP contribution in [0.4, 0.5) is 0 Å². The summed E-state index contributed by atoms with van der Waals surface area (Å²) in [6.45, 7) is 9.48. The molecule has 7 heteroatoms. The highest BCUT2D eigenvalue weighted by molar-refractivity contribution is 6.76. The van der Waals surface area contributed by atoms with Crippen molar-refractivity contribution >= 4 is 20.7 Å². The van der Waals surface area contributed by atoms with Crippen molar-refractivity contribution in [2.75, 3.05) is 20.5 Å². The molecule has 21 heavy (non-hydrogen) atoms. The minimum absolute atomic E-state index is 0.154. The number of rotatable bonds is 8. The van der Waals surface area contributed by atoms with Crippen molar-refractivity contribution in [3.8, 4) is 11.5 Å². The second-order valence-corrected chi connectivity index (χ2v) is 11.8. The van der Waals surface area contributed by atoms with Gasteiger partial charge in [-0.2, -0.15) is 0 Å². The van der Waals surface area contributed by atoms with Crippen LogP contribution in [0.5, 0.6) is 11.5 Å². The van der Waals surface area contributed by atoms with Crippen molar-refractivity contribution in [3.63, 3.8) is 0 Å². The molecule has 0 radical (unpaired) electrons. The lowest BCUT2D eigenvalue weighted by Crippen LogP contribution is -2.32. The molecule has 0 bridgehead atoms. The summed E-state index contributed by atoms with van der Waals surface area (Å²) in [6, 6.07) is 4.35. The van der Waals surface area contributed by atoms with Crippen molar-refractivity contribution in [3.05, 3.63) is 17.7 Å². The molecule has 0 heterocycles. The molecule has 1 aromatic carbocycles. The molecule has 0 spiro atoms. The van der Waals surface area contributed by atoms with Crippen LogP contribution in [-0.2, 0) is 4.74 Å². The van der Waals surface area contributed by atoms with Crippen LogP contribution in [0.3, 0.4) is 0 Å². The summed E-state index contributed by atoms with van der Waals surface area (Å²) in [5.74, 6) is 1.03. The molecule has 0 aliphatic heterocycles. The molecule has 5 nitrogen and oxygen atoms in total. The lowest BCUT2D eigenvalue weighted by Gasteiger charge is -2.17. The second kappa shape index (κ2) is 7.84. The Kier molecular flexibility index (Phi) is 6.73. The molecular formula is C14H25BO5Si. The molecule has 0 atom stereocenters. The number of hydrogen-bond donors (Lipinski definition) is 2. The first-order valence-corrected chi connectivity index (χ1v) is 10.7. The molecule has 1 rings (SSSR count). The van der Waals surface area contributed by atoms with E-state index in [0.29, 0.717) is 29.1 Å². The van der Waals surface area contributed by atoms with Crippen LogP contribution in [0, 0.1) is 6.92 Å². The van der Waals surface area contributed by atoms with Gasteiger partial charge >= 0.3 is 7.12 Å². The second-order valence-electron chi connectivity index (χ2n) is 6.17. The van der Waals surface area contributed by atoms with E-state index in [4.69, 9.17) is 14.2 Å². The van der Waals surface area contributed by atoms with Crippen LogP contribution in [-0.4, -0.2) is 45.7 Å². The Morgan fingerprint density at radius 3 is 2.38 bits per heavy atom. The van der Waals surface area contributed by atoms with E-state index >= 15 is 0 Å². The Morgan fingerprint density at radius 1 is 1.19 bits per heavy atom. The maximum absolute atomic E-state index is 9.28. The van der Waals surface area contributed by atoms with E-state index in [0.717, 1.165) is 6.04 Å². The van der Waals surface area contributed by atoms with Gasteiger partial charge < -0.3 is 24.3 Å². The van der Waals surface area contributed by atoms with Gasteiger partial charge in [0.1, 0.15) is 0 Å². The van der Waals surface area contributed by atoms with E-state index < -0.39 is 15.2 Å². The SMILES string of the molecule is COc1c(OCOCC[Si](C)(C)C)ccc(B(O)O)c1C. The van der Waals surface area contributed by atoms with E-state index in [1.165, 1.54) is 7.11 Å². The van der Waals surface area contributed by atoms with E-state index in [9.17, 15) is 10.0 Å². The lowest BCUT2D eigenvalue weighted by atomic mass is 9.77. The average Bonchev–Trinajstić information content (AvgIpc) is 2.36. The predicted octanol–water partition coefficient (Wildman–Crippen LogP) is 1.37. The standard InChI is InChI=1S/C14H25BO5Si/c1-11-12(15(16)17)6-7-13(14(11)18-2)20-10-19-8-9-21(3,4)5/h6-7,16-17H,8-10H2,1-5H3. The molecule has 2 N–H and O–H groups in total. The van der Waals surface area contributed by atoms with Crippen LogP contribution < -0.4 is 14.9 Å². The van der Waals surface area contributed by atoms with E-state index in [1.807, 2.05) is 0 Å². The van der Waals surface area contributed by atoms with Crippen molar-refractivity contribution in [1.29, 1.82) is 0 Å². The topological polar surface area (TPSA) is 68.2 Å². The summed E-state index contributed by atoms with van der Waals surface area (Å²) in [5.41, 5.74) is 1.05. The Hall–Kier alpha value is -1.02. The molecule has 0 aromatic heterocycles. The summed E-state index contributed by atoms with van der Waals surface area (Å²) < 4.78 is 16.3. The normalized spacial score (nSPS) is 11.4. The summed E-state index contributed by atoms with van der Waals surface area (Å²) in [5, 5.41) is 18.6. The van der Waals surface area contributed by atoms with Crippen molar-refractivity contribution in [2.24, 2.45) is 0 Å². The Balaban J connectivity index is 2.61. The number of hydrogen-bond acceptors (Lipinski definition) is 5. The van der Waals surface area contributed by atoms with Crippen molar-refractivity contribution < 1.29 is 24.3 Å². The zero-order valence-electron chi connectivity index (χ0n) is 13.5. The van der Waals surface area contributed by atoms with Gasteiger partial charge in [-0.15, -0.1) is 0 Å². The first-order valence-electron chi connectivity index (χ1n) is 7.00. The van der Waals surface area contributed by atoms with Crippen LogP contribution in [0.1, 0.15) is 5.56 Å². The highest BCUT2D eigenvalue weighted by Crippen LogP contribution is 2.29. The molecular weight excluding hydrogens is 287 g/mol. The van der Waals surface area contributed by atoms with E-state index in [-0.39, 0.29) is 6.79 Å². The monoisotopic (exact) mass is 312 g/mol. The third-order valence-electron chi connectivity index (χ3n) is 3.19. The Bertz CT molecular complexity index is 459. The van der Waals surface area contributed by atoms with Crippen molar-refractivity contribution in [2.45, 2.75) is 32.6 Å². The third kappa shape index (κ3) is 5.70.